The van der Waals surface area contributed by atoms with Crippen LogP contribution in [-0.4, -0.2) is 50.3 Å². The minimum absolute atomic E-state index is 0.101. The smallest absolute Gasteiger partial charge is 0.390 e. The fraction of sp³-hybridized carbons (Fsp3) is 0.538. The van der Waals surface area contributed by atoms with Crippen LogP contribution in [0.5, 0.6) is 0 Å². The Morgan fingerprint density at radius 3 is 2.50 bits per heavy atom. The summed E-state index contributed by atoms with van der Waals surface area (Å²) in [6, 6.07) is 1.35. The predicted octanol–water partition coefficient (Wildman–Crippen LogP) is 1.99. The van der Waals surface area contributed by atoms with Gasteiger partial charge in [0.05, 0.1) is 40.0 Å². The van der Waals surface area contributed by atoms with Gasteiger partial charge in [-0.15, -0.1) is 0 Å². The molecule has 1 heterocycles. The summed E-state index contributed by atoms with van der Waals surface area (Å²) in [4.78, 5) is 24.0. The van der Waals surface area contributed by atoms with Gasteiger partial charge in [-0.05, 0) is 6.07 Å². The maximum atomic E-state index is 12.3. The number of halogens is 3. The average Bonchev–Trinajstić information content (AvgIpc) is 2.91. The summed E-state index contributed by atoms with van der Waals surface area (Å²) in [5.41, 5.74) is 0.101. The molecule has 0 aliphatic carbocycles. The molecule has 0 N–H and O–H groups in total. The van der Waals surface area contributed by atoms with Crippen LogP contribution in [0.25, 0.3) is 0 Å². The van der Waals surface area contributed by atoms with E-state index in [0.29, 0.717) is 0 Å². The van der Waals surface area contributed by atoms with Crippen molar-refractivity contribution < 1.29 is 36.7 Å². The molecule has 0 aromatic carbocycles. The SMILES string of the molecule is COC(=O)CN(CCC(F)(F)F)Cc1occc1C(=O)OC. The van der Waals surface area contributed by atoms with E-state index in [1.54, 1.807) is 0 Å². The van der Waals surface area contributed by atoms with Gasteiger partial charge in [0.2, 0.25) is 0 Å². The van der Waals surface area contributed by atoms with Crippen LogP contribution in [0.2, 0.25) is 0 Å². The number of nitrogens with zero attached hydrogens (tertiary/aromatic N) is 1. The van der Waals surface area contributed by atoms with Crippen LogP contribution in [-0.2, 0) is 20.8 Å². The van der Waals surface area contributed by atoms with Crippen LogP contribution < -0.4 is 0 Å². The van der Waals surface area contributed by atoms with E-state index in [-0.39, 0.29) is 24.4 Å². The molecule has 1 aromatic heterocycles. The van der Waals surface area contributed by atoms with E-state index in [0.717, 1.165) is 7.11 Å². The molecule has 0 saturated carbocycles. The molecule has 22 heavy (non-hydrogen) atoms. The van der Waals surface area contributed by atoms with Gasteiger partial charge >= 0.3 is 18.1 Å². The lowest BCUT2D eigenvalue weighted by Gasteiger charge is -2.21. The fourth-order valence-electron chi connectivity index (χ4n) is 1.70. The van der Waals surface area contributed by atoms with Crippen LogP contribution >= 0.6 is 0 Å². The number of carbonyl (C=O) groups excluding carboxylic acids is 2. The molecule has 0 radical (unpaired) electrons. The monoisotopic (exact) mass is 323 g/mol. The standard InChI is InChI=1S/C13H16F3NO5/c1-20-11(18)8-17(5-4-13(14,15)16)7-10-9(3-6-22-10)12(19)21-2/h3,6H,4-5,7-8H2,1-2H3. The van der Waals surface area contributed by atoms with Gasteiger partial charge in [0.1, 0.15) is 11.3 Å². The molecule has 1 rings (SSSR count). The predicted molar refractivity (Wildman–Crippen MR) is 68.0 cm³/mol. The Kier molecular flexibility index (Phi) is 6.41. The van der Waals surface area contributed by atoms with Crippen molar-refractivity contribution in [2.45, 2.75) is 19.1 Å². The zero-order chi connectivity index (χ0) is 16.8. The summed E-state index contributed by atoms with van der Waals surface area (Å²) in [7, 11) is 2.31. The Morgan fingerprint density at radius 2 is 1.95 bits per heavy atom. The first kappa shape index (κ1) is 18.0. The molecule has 0 unspecified atom stereocenters. The zero-order valence-corrected chi connectivity index (χ0v) is 12.1. The first-order chi connectivity index (χ1) is 10.3. The molecule has 0 fully saturated rings. The number of alkyl halides is 3. The van der Waals surface area contributed by atoms with Crippen molar-refractivity contribution in [3.8, 4) is 0 Å². The van der Waals surface area contributed by atoms with E-state index in [1.165, 1.54) is 24.3 Å². The second kappa shape index (κ2) is 7.83. The minimum Gasteiger partial charge on any atom is -0.468 e. The van der Waals surface area contributed by atoms with Crippen molar-refractivity contribution in [2.75, 3.05) is 27.3 Å². The van der Waals surface area contributed by atoms with Crippen molar-refractivity contribution in [3.63, 3.8) is 0 Å². The molecule has 9 heteroatoms. The van der Waals surface area contributed by atoms with Crippen molar-refractivity contribution in [1.82, 2.24) is 4.90 Å². The van der Waals surface area contributed by atoms with Crippen LogP contribution in [0.3, 0.4) is 0 Å². The lowest BCUT2D eigenvalue weighted by atomic mass is 10.2. The quantitative estimate of drug-likeness (QED) is 0.715. The van der Waals surface area contributed by atoms with Crippen molar-refractivity contribution in [3.05, 3.63) is 23.7 Å². The highest BCUT2D eigenvalue weighted by Crippen LogP contribution is 2.21. The fourth-order valence-corrected chi connectivity index (χ4v) is 1.70. The number of esters is 2. The average molecular weight is 323 g/mol. The Bertz CT molecular complexity index is 512. The highest BCUT2D eigenvalue weighted by molar-refractivity contribution is 5.90. The molecule has 124 valence electrons. The largest absolute Gasteiger partial charge is 0.468 e. The Balaban J connectivity index is 2.81. The van der Waals surface area contributed by atoms with E-state index in [1.807, 2.05) is 0 Å². The molecular weight excluding hydrogens is 307 g/mol. The second-order valence-corrected chi connectivity index (χ2v) is 4.40. The third kappa shape index (κ3) is 5.76. The molecule has 0 aliphatic heterocycles. The Labute approximate surface area is 124 Å². The second-order valence-electron chi connectivity index (χ2n) is 4.40. The summed E-state index contributed by atoms with van der Waals surface area (Å²) in [6.07, 6.45) is -4.23. The lowest BCUT2D eigenvalue weighted by Crippen LogP contribution is -2.33. The van der Waals surface area contributed by atoms with Gasteiger partial charge in [-0.2, -0.15) is 13.2 Å². The maximum Gasteiger partial charge on any atom is 0.390 e. The summed E-state index contributed by atoms with van der Waals surface area (Å²) in [5, 5.41) is 0. The van der Waals surface area contributed by atoms with E-state index in [4.69, 9.17) is 4.42 Å². The van der Waals surface area contributed by atoms with Gasteiger partial charge in [-0.1, -0.05) is 0 Å². The number of carbonyl (C=O) groups is 2. The van der Waals surface area contributed by atoms with Gasteiger partial charge in [0.15, 0.2) is 0 Å². The molecule has 6 nitrogen and oxygen atoms in total. The number of hydrogen-bond donors (Lipinski definition) is 0. The summed E-state index contributed by atoms with van der Waals surface area (Å²) >= 11 is 0. The molecule has 0 atom stereocenters. The van der Waals surface area contributed by atoms with Gasteiger partial charge in [0, 0.05) is 6.54 Å². The van der Waals surface area contributed by atoms with Gasteiger partial charge in [-0.25, -0.2) is 4.79 Å². The molecule has 0 aliphatic rings. The highest BCUT2D eigenvalue weighted by atomic mass is 19.4. The third-order valence-corrected chi connectivity index (χ3v) is 2.81. The topological polar surface area (TPSA) is 69.0 Å². The molecule has 0 amide bonds. The minimum atomic E-state index is -4.36. The van der Waals surface area contributed by atoms with Crippen molar-refractivity contribution in [2.24, 2.45) is 0 Å². The molecule has 0 saturated heterocycles. The normalized spacial score (nSPS) is 11.5. The van der Waals surface area contributed by atoms with Crippen molar-refractivity contribution in [1.29, 1.82) is 0 Å². The number of ether oxygens (including phenoxy) is 2. The maximum absolute atomic E-state index is 12.3. The van der Waals surface area contributed by atoms with E-state index >= 15 is 0 Å². The number of furan rings is 1. The van der Waals surface area contributed by atoms with E-state index in [2.05, 4.69) is 9.47 Å². The van der Waals surface area contributed by atoms with Gasteiger partial charge < -0.3 is 13.9 Å². The number of methoxy groups -OCH3 is 2. The van der Waals surface area contributed by atoms with E-state index < -0.39 is 31.1 Å². The number of hydrogen-bond acceptors (Lipinski definition) is 6. The van der Waals surface area contributed by atoms with Crippen LogP contribution in [0.1, 0.15) is 22.5 Å². The van der Waals surface area contributed by atoms with Crippen LogP contribution in [0.4, 0.5) is 13.2 Å². The highest BCUT2D eigenvalue weighted by Gasteiger charge is 2.29. The zero-order valence-electron chi connectivity index (χ0n) is 12.1. The molecule has 0 spiro atoms. The summed E-state index contributed by atoms with van der Waals surface area (Å²) in [5.74, 6) is -1.23. The van der Waals surface area contributed by atoms with Gasteiger partial charge in [-0.3, -0.25) is 9.69 Å². The molecule has 0 bridgehead atoms. The van der Waals surface area contributed by atoms with Gasteiger partial charge in [0.25, 0.3) is 0 Å². The lowest BCUT2D eigenvalue weighted by molar-refractivity contribution is -0.147. The summed E-state index contributed by atoms with van der Waals surface area (Å²) < 4.78 is 51.1. The van der Waals surface area contributed by atoms with E-state index in [9.17, 15) is 22.8 Å². The third-order valence-electron chi connectivity index (χ3n) is 2.81. The first-order valence-corrected chi connectivity index (χ1v) is 6.27. The number of rotatable bonds is 7. The Morgan fingerprint density at radius 1 is 1.27 bits per heavy atom. The molecular formula is C13H16F3NO5. The molecule has 1 aromatic rings. The summed E-state index contributed by atoms with van der Waals surface area (Å²) in [6.45, 7) is -0.934. The van der Waals surface area contributed by atoms with Crippen molar-refractivity contribution >= 4 is 11.9 Å². The first-order valence-electron chi connectivity index (χ1n) is 6.27. The van der Waals surface area contributed by atoms with Crippen LogP contribution in [0, 0.1) is 0 Å². The Hall–Kier alpha value is -2.03. The van der Waals surface area contributed by atoms with Crippen LogP contribution in [0.15, 0.2) is 16.7 Å².